The molecular weight excluding hydrogens is 310 g/mol. The van der Waals surface area contributed by atoms with Crippen LogP contribution in [0.4, 0.5) is 0 Å². The summed E-state index contributed by atoms with van der Waals surface area (Å²) >= 11 is 0. The molecule has 0 N–H and O–H groups in total. The summed E-state index contributed by atoms with van der Waals surface area (Å²) in [5.74, 6) is 1.64. The van der Waals surface area contributed by atoms with Gasteiger partial charge in [-0.15, -0.1) is 0 Å². The average Bonchev–Trinajstić information content (AvgIpc) is 2.67. The molecular formula is C21H21N3O. The van der Waals surface area contributed by atoms with Gasteiger partial charge in [0.05, 0.1) is 5.69 Å². The van der Waals surface area contributed by atoms with Crippen LogP contribution in [-0.2, 0) is 19.6 Å². The Kier molecular flexibility index (Phi) is 4.44. The monoisotopic (exact) mass is 331 g/mol. The Hall–Kier alpha value is -2.72. The summed E-state index contributed by atoms with van der Waals surface area (Å²) in [7, 11) is 2.13. The Morgan fingerprint density at radius 2 is 1.84 bits per heavy atom. The summed E-state index contributed by atoms with van der Waals surface area (Å²) in [6, 6.07) is 18.2. The number of hydrogen-bond acceptors (Lipinski definition) is 4. The van der Waals surface area contributed by atoms with Crippen LogP contribution in [0.15, 0.2) is 60.8 Å². The summed E-state index contributed by atoms with van der Waals surface area (Å²) < 4.78 is 5.84. The van der Waals surface area contributed by atoms with Gasteiger partial charge >= 0.3 is 0 Å². The minimum atomic E-state index is 0.572. The van der Waals surface area contributed by atoms with Gasteiger partial charge in [0.15, 0.2) is 5.82 Å². The van der Waals surface area contributed by atoms with E-state index in [-0.39, 0.29) is 0 Å². The molecule has 2 aromatic carbocycles. The fraction of sp³-hybridized carbons (Fsp3) is 0.238. The van der Waals surface area contributed by atoms with Gasteiger partial charge in [0.25, 0.3) is 0 Å². The Balaban J connectivity index is 1.47. The van der Waals surface area contributed by atoms with Crippen LogP contribution in [0.2, 0.25) is 0 Å². The fourth-order valence-electron chi connectivity index (χ4n) is 3.04. The molecule has 0 fully saturated rings. The normalized spacial score (nSPS) is 14.1. The first-order valence-corrected chi connectivity index (χ1v) is 8.58. The highest BCUT2D eigenvalue weighted by atomic mass is 16.5. The quantitative estimate of drug-likeness (QED) is 0.730. The Morgan fingerprint density at radius 1 is 1.04 bits per heavy atom. The molecule has 1 aliphatic rings. The Labute approximate surface area is 148 Å². The molecule has 126 valence electrons. The summed E-state index contributed by atoms with van der Waals surface area (Å²) in [5, 5.41) is 0. The van der Waals surface area contributed by atoms with Crippen LogP contribution in [0.25, 0.3) is 11.4 Å². The Morgan fingerprint density at radius 3 is 2.64 bits per heavy atom. The molecule has 0 atom stereocenters. The lowest BCUT2D eigenvalue weighted by Crippen LogP contribution is -2.27. The van der Waals surface area contributed by atoms with Crippen LogP contribution in [0.5, 0.6) is 5.75 Å². The van der Waals surface area contributed by atoms with Crippen LogP contribution < -0.4 is 4.74 Å². The van der Waals surface area contributed by atoms with E-state index in [4.69, 9.17) is 9.72 Å². The maximum atomic E-state index is 5.84. The molecule has 4 nitrogen and oxygen atoms in total. The molecule has 25 heavy (non-hydrogen) atoms. The van der Waals surface area contributed by atoms with Crippen molar-refractivity contribution in [2.75, 3.05) is 13.6 Å². The van der Waals surface area contributed by atoms with E-state index < -0.39 is 0 Å². The highest BCUT2D eigenvalue weighted by molar-refractivity contribution is 5.56. The minimum Gasteiger partial charge on any atom is -0.489 e. The van der Waals surface area contributed by atoms with E-state index in [1.54, 1.807) is 0 Å². The molecule has 0 unspecified atom stereocenters. The van der Waals surface area contributed by atoms with Crippen molar-refractivity contribution in [3.8, 4) is 17.1 Å². The summed E-state index contributed by atoms with van der Waals surface area (Å²) in [6.07, 6.45) is 2.95. The molecule has 0 spiro atoms. The Bertz CT molecular complexity index is 847. The zero-order valence-corrected chi connectivity index (χ0v) is 14.4. The van der Waals surface area contributed by atoms with Crippen molar-refractivity contribution in [2.24, 2.45) is 0 Å². The van der Waals surface area contributed by atoms with Gasteiger partial charge in [-0.25, -0.2) is 9.97 Å². The molecule has 4 rings (SSSR count). The molecule has 0 aliphatic carbocycles. The highest BCUT2D eigenvalue weighted by Crippen LogP contribution is 2.23. The first-order valence-electron chi connectivity index (χ1n) is 8.58. The number of ether oxygens (including phenoxy) is 1. The second kappa shape index (κ2) is 7.03. The summed E-state index contributed by atoms with van der Waals surface area (Å²) in [6.45, 7) is 2.56. The molecule has 0 radical (unpaired) electrons. The van der Waals surface area contributed by atoms with Crippen LogP contribution in [-0.4, -0.2) is 28.5 Å². The second-order valence-electron chi connectivity index (χ2n) is 6.45. The number of nitrogens with zero attached hydrogens (tertiary/aromatic N) is 3. The third-order valence-corrected chi connectivity index (χ3v) is 4.49. The van der Waals surface area contributed by atoms with Crippen molar-refractivity contribution in [1.29, 1.82) is 0 Å². The van der Waals surface area contributed by atoms with Gasteiger partial charge in [-0.05, 0) is 36.9 Å². The third-order valence-electron chi connectivity index (χ3n) is 4.49. The first-order chi connectivity index (χ1) is 12.3. The lowest BCUT2D eigenvalue weighted by molar-refractivity contribution is 0.306. The first kappa shape index (κ1) is 15.8. The average molecular weight is 331 g/mol. The predicted octanol–water partition coefficient (Wildman–Crippen LogP) is 3.71. The number of benzene rings is 2. The van der Waals surface area contributed by atoms with Crippen molar-refractivity contribution in [2.45, 2.75) is 19.6 Å². The molecule has 0 saturated carbocycles. The molecule has 0 bridgehead atoms. The molecule has 3 aromatic rings. The van der Waals surface area contributed by atoms with E-state index in [1.165, 1.54) is 11.3 Å². The van der Waals surface area contributed by atoms with Crippen molar-refractivity contribution in [1.82, 2.24) is 14.9 Å². The van der Waals surface area contributed by atoms with E-state index in [0.29, 0.717) is 6.61 Å². The van der Waals surface area contributed by atoms with E-state index >= 15 is 0 Å². The topological polar surface area (TPSA) is 38.2 Å². The van der Waals surface area contributed by atoms with Gasteiger partial charge in [-0.1, -0.05) is 30.3 Å². The van der Waals surface area contributed by atoms with Crippen LogP contribution in [0, 0.1) is 0 Å². The maximum Gasteiger partial charge on any atom is 0.159 e. The van der Waals surface area contributed by atoms with Gasteiger partial charge in [0.1, 0.15) is 12.4 Å². The van der Waals surface area contributed by atoms with Gasteiger partial charge in [0, 0.05) is 36.8 Å². The second-order valence-corrected chi connectivity index (χ2v) is 6.45. The van der Waals surface area contributed by atoms with Gasteiger partial charge in [-0.3, -0.25) is 0 Å². The zero-order valence-electron chi connectivity index (χ0n) is 14.4. The smallest absolute Gasteiger partial charge is 0.159 e. The number of rotatable bonds is 4. The lowest BCUT2D eigenvalue weighted by Gasteiger charge is -2.23. The van der Waals surface area contributed by atoms with Crippen molar-refractivity contribution >= 4 is 0 Å². The van der Waals surface area contributed by atoms with Gasteiger partial charge in [0.2, 0.25) is 0 Å². The van der Waals surface area contributed by atoms with Crippen molar-refractivity contribution in [3.05, 3.63) is 77.6 Å². The molecule has 1 aliphatic heterocycles. The van der Waals surface area contributed by atoms with E-state index in [9.17, 15) is 0 Å². The standard InChI is InChI=1S/C21H21N3O/c1-24-12-11-20-18(14-24)13-22-21(23-20)17-7-9-19(10-8-17)25-15-16-5-3-2-4-6-16/h2-10,13H,11-12,14-15H2,1H3. The van der Waals surface area contributed by atoms with Gasteiger partial charge < -0.3 is 9.64 Å². The third kappa shape index (κ3) is 3.69. The SMILES string of the molecule is CN1CCc2nc(-c3ccc(OCc4ccccc4)cc3)ncc2C1. The number of fused-ring (bicyclic) bond motifs is 1. The summed E-state index contributed by atoms with van der Waals surface area (Å²) in [5.41, 5.74) is 4.59. The van der Waals surface area contributed by atoms with Crippen molar-refractivity contribution < 1.29 is 4.74 Å². The molecule has 0 saturated heterocycles. The van der Waals surface area contributed by atoms with Gasteiger partial charge in [-0.2, -0.15) is 0 Å². The van der Waals surface area contributed by atoms with E-state index in [2.05, 4.69) is 29.1 Å². The molecule has 2 heterocycles. The van der Waals surface area contributed by atoms with Crippen LogP contribution >= 0.6 is 0 Å². The summed E-state index contributed by atoms with van der Waals surface area (Å²) in [4.78, 5) is 11.6. The van der Waals surface area contributed by atoms with Crippen LogP contribution in [0.3, 0.4) is 0 Å². The maximum absolute atomic E-state index is 5.84. The molecule has 4 heteroatoms. The molecule has 0 amide bonds. The zero-order chi connectivity index (χ0) is 17.1. The number of aromatic nitrogens is 2. The van der Waals surface area contributed by atoms with E-state index in [0.717, 1.165) is 42.2 Å². The molecule has 1 aromatic heterocycles. The highest BCUT2D eigenvalue weighted by Gasteiger charge is 2.15. The van der Waals surface area contributed by atoms with Crippen LogP contribution in [0.1, 0.15) is 16.8 Å². The van der Waals surface area contributed by atoms with E-state index in [1.807, 2.05) is 48.7 Å². The fourth-order valence-corrected chi connectivity index (χ4v) is 3.04. The largest absolute Gasteiger partial charge is 0.489 e. The lowest BCUT2D eigenvalue weighted by atomic mass is 10.1. The predicted molar refractivity (Wildman–Crippen MR) is 98.3 cm³/mol. The van der Waals surface area contributed by atoms with Crippen molar-refractivity contribution in [3.63, 3.8) is 0 Å². The number of hydrogen-bond donors (Lipinski definition) is 0. The minimum absolute atomic E-state index is 0.572. The number of likely N-dealkylation sites (N-methyl/N-ethyl adjacent to an activating group) is 1.